The van der Waals surface area contributed by atoms with Gasteiger partial charge in [-0.1, -0.05) is 0 Å². The summed E-state index contributed by atoms with van der Waals surface area (Å²) in [6.07, 6.45) is -3.40. The quantitative estimate of drug-likeness (QED) is 0.871. The number of halogens is 3. The van der Waals surface area contributed by atoms with Crippen molar-refractivity contribution < 1.29 is 26.4 Å². The van der Waals surface area contributed by atoms with E-state index >= 15 is 0 Å². The van der Waals surface area contributed by atoms with E-state index in [1.54, 1.807) is 0 Å². The van der Waals surface area contributed by atoms with E-state index in [0.717, 1.165) is 24.3 Å². The third kappa shape index (κ3) is 4.62. The first-order valence-electron chi connectivity index (χ1n) is 6.61. The van der Waals surface area contributed by atoms with Crippen LogP contribution in [0.1, 0.15) is 18.4 Å². The largest absolute Gasteiger partial charge is 0.416 e. The van der Waals surface area contributed by atoms with Crippen LogP contribution in [0.25, 0.3) is 0 Å². The summed E-state index contributed by atoms with van der Waals surface area (Å²) in [5.41, 5.74) is -0.610. The predicted octanol–water partition coefficient (Wildman–Crippen LogP) is 2.40. The molecule has 2 N–H and O–H groups in total. The van der Waals surface area contributed by atoms with Gasteiger partial charge in [0.1, 0.15) is 0 Å². The minimum Gasteiger partial charge on any atom is -0.334 e. The van der Waals surface area contributed by atoms with Gasteiger partial charge in [0, 0.05) is 11.7 Å². The van der Waals surface area contributed by atoms with E-state index < -0.39 is 33.6 Å². The summed E-state index contributed by atoms with van der Waals surface area (Å²) in [5.74, 6) is -0.000858. The number of nitrogens with one attached hydrogen (secondary N) is 2. The normalized spacial score (nSPS) is 21.1. The molecule has 1 aliphatic rings. The number of benzene rings is 1. The van der Waals surface area contributed by atoms with Gasteiger partial charge in [0.25, 0.3) is 0 Å². The Balaban J connectivity index is 1.92. The van der Waals surface area contributed by atoms with E-state index in [1.807, 2.05) is 0 Å². The second-order valence-corrected chi connectivity index (χ2v) is 7.36. The molecule has 122 valence electrons. The van der Waals surface area contributed by atoms with Crippen LogP contribution in [0.4, 0.5) is 23.7 Å². The maximum atomic E-state index is 12.4. The third-order valence-corrected chi connectivity index (χ3v) is 5.09. The van der Waals surface area contributed by atoms with Crippen molar-refractivity contribution >= 4 is 21.6 Å². The van der Waals surface area contributed by atoms with Gasteiger partial charge >= 0.3 is 12.2 Å². The van der Waals surface area contributed by atoms with E-state index in [4.69, 9.17) is 0 Å². The van der Waals surface area contributed by atoms with E-state index in [1.165, 1.54) is 0 Å². The molecular weight excluding hydrogens is 321 g/mol. The summed E-state index contributed by atoms with van der Waals surface area (Å²) in [5, 5.41) is 4.90. The fraction of sp³-hybridized carbons (Fsp3) is 0.462. The lowest BCUT2D eigenvalue weighted by molar-refractivity contribution is -0.137. The average molecular weight is 336 g/mol. The van der Waals surface area contributed by atoms with Crippen LogP contribution in [0, 0.1) is 0 Å². The molecule has 2 rings (SSSR count). The molecule has 2 amide bonds. The van der Waals surface area contributed by atoms with Crippen LogP contribution in [-0.4, -0.2) is 32.0 Å². The van der Waals surface area contributed by atoms with Gasteiger partial charge in [-0.3, -0.25) is 0 Å². The first-order valence-corrected chi connectivity index (χ1v) is 8.43. The Hall–Kier alpha value is -1.77. The van der Waals surface area contributed by atoms with Gasteiger partial charge in [0.05, 0.1) is 17.1 Å². The maximum Gasteiger partial charge on any atom is 0.416 e. The van der Waals surface area contributed by atoms with Crippen LogP contribution < -0.4 is 10.6 Å². The Morgan fingerprint density at radius 2 is 1.82 bits per heavy atom. The molecule has 5 nitrogen and oxygen atoms in total. The summed E-state index contributed by atoms with van der Waals surface area (Å²) in [7, 11) is -3.14. The third-order valence-electron chi connectivity index (χ3n) is 3.27. The van der Waals surface area contributed by atoms with E-state index in [0.29, 0.717) is 12.8 Å². The van der Waals surface area contributed by atoms with E-state index in [2.05, 4.69) is 10.6 Å². The van der Waals surface area contributed by atoms with Crippen LogP contribution in [0.5, 0.6) is 0 Å². The zero-order valence-corrected chi connectivity index (χ0v) is 12.3. The fourth-order valence-electron chi connectivity index (χ4n) is 2.23. The summed E-state index contributed by atoms with van der Waals surface area (Å²) in [4.78, 5) is 11.7. The Bertz CT molecular complexity index is 641. The number of urea groups is 1. The van der Waals surface area contributed by atoms with Crippen molar-refractivity contribution in [2.75, 3.05) is 16.8 Å². The summed E-state index contributed by atoms with van der Waals surface area (Å²) in [6, 6.07) is 2.89. The molecule has 1 aromatic rings. The topological polar surface area (TPSA) is 75.3 Å². The standard InChI is InChI=1S/C13H15F3N2O3S/c14-13(15,16)9-3-5-10(6-4-9)17-12(19)18-11-2-1-7-22(20,21)8-11/h3-6,11H,1-2,7-8H2,(H2,17,18,19)/t11-/m0/s1. The molecule has 0 unspecified atom stereocenters. The number of anilines is 1. The van der Waals surface area contributed by atoms with Crippen LogP contribution in [0.3, 0.4) is 0 Å². The lowest BCUT2D eigenvalue weighted by Crippen LogP contribution is -2.44. The Labute approximate surface area is 125 Å². The van der Waals surface area contributed by atoms with E-state index in [9.17, 15) is 26.4 Å². The highest BCUT2D eigenvalue weighted by Gasteiger charge is 2.30. The number of carbonyl (C=O) groups excluding carboxylic acids is 1. The van der Waals surface area contributed by atoms with Crippen LogP contribution in [0.15, 0.2) is 24.3 Å². The minimum atomic E-state index is -4.43. The molecule has 0 radical (unpaired) electrons. The van der Waals surface area contributed by atoms with Crippen molar-refractivity contribution in [2.24, 2.45) is 0 Å². The highest BCUT2D eigenvalue weighted by Crippen LogP contribution is 2.29. The summed E-state index contributed by atoms with van der Waals surface area (Å²) in [6.45, 7) is 0. The smallest absolute Gasteiger partial charge is 0.334 e. The fourth-order valence-corrected chi connectivity index (χ4v) is 3.87. The van der Waals surface area contributed by atoms with Crippen molar-refractivity contribution in [3.63, 3.8) is 0 Å². The Kier molecular flexibility index (Phi) is 4.64. The van der Waals surface area contributed by atoms with Gasteiger partial charge in [-0.2, -0.15) is 13.2 Å². The van der Waals surface area contributed by atoms with Gasteiger partial charge in [-0.05, 0) is 37.1 Å². The maximum absolute atomic E-state index is 12.4. The number of hydrogen-bond donors (Lipinski definition) is 2. The molecule has 0 aromatic heterocycles. The zero-order valence-electron chi connectivity index (χ0n) is 11.5. The molecular formula is C13H15F3N2O3S. The highest BCUT2D eigenvalue weighted by atomic mass is 32.2. The highest BCUT2D eigenvalue weighted by molar-refractivity contribution is 7.91. The lowest BCUT2D eigenvalue weighted by Gasteiger charge is -2.23. The number of amides is 2. The van der Waals surface area contributed by atoms with Gasteiger partial charge in [-0.15, -0.1) is 0 Å². The minimum absolute atomic E-state index is 0.117. The molecule has 22 heavy (non-hydrogen) atoms. The molecule has 1 heterocycles. The number of alkyl halides is 3. The molecule has 9 heteroatoms. The molecule has 0 bridgehead atoms. The Morgan fingerprint density at radius 3 is 2.36 bits per heavy atom. The number of hydrogen-bond acceptors (Lipinski definition) is 3. The number of sulfone groups is 1. The Morgan fingerprint density at radius 1 is 1.18 bits per heavy atom. The molecule has 1 aliphatic heterocycles. The molecule has 1 fully saturated rings. The second kappa shape index (κ2) is 6.15. The van der Waals surface area contributed by atoms with Crippen molar-refractivity contribution in [1.29, 1.82) is 0 Å². The summed E-state index contributed by atoms with van der Waals surface area (Å²) >= 11 is 0. The lowest BCUT2D eigenvalue weighted by atomic mass is 10.2. The van der Waals surface area contributed by atoms with Crippen LogP contribution in [-0.2, 0) is 16.0 Å². The van der Waals surface area contributed by atoms with Gasteiger partial charge < -0.3 is 10.6 Å². The molecule has 0 aliphatic carbocycles. The monoisotopic (exact) mass is 336 g/mol. The predicted molar refractivity (Wildman–Crippen MR) is 75.3 cm³/mol. The number of rotatable bonds is 2. The van der Waals surface area contributed by atoms with Crippen LogP contribution in [0.2, 0.25) is 0 Å². The van der Waals surface area contributed by atoms with Crippen molar-refractivity contribution in [1.82, 2.24) is 5.32 Å². The van der Waals surface area contributed by atoms with Crippen LogP contribution >= 0.6 is 0 Å². The van der Waals surface area contributed by atoms with E-state index in [-0.39, 0.29) is 17.2 Å². The molecule has 1 saturated heterocycles. The van der Waals surface area contributed by atoms with Crippen molar-refractivity contribution in [2.45, 2.75) is 25.1 Å². The van der Waals surface area contributed by atoms with Crippen molar-refractivity contribution in [3.05, 3.63) is 29.8 Å². The average Bonchev–Trinajstić information content (AvgIpc) is 2.36. The summed E-state index contributed by atoms with van der Waals surface area (Å²) < 4.78 is 60.1. The van der Waals surface area contributed by atoms with Gasteiger partial charge in [-0.25, -0.2) is 13.2 Å². The zero-order chi connectivity index (χ0) is 16.4. The first kappa shape index (κ1) is 16.6. The molecule has 1 aromatic carbocycles. The SMILES string of the molecule is O=C(Nc1ccc(C(F)(F)F)cc1)N[C@H]1CCCS(=O)(=O)C1. The first-order chi connectivity index (χ1) is 10.2. The number of carbonyl (C=O) groups is 1. The van der Waals surface area contributed by atoms with Gasteiger partial charge in [0.15, 0.2) is 9.84 Å². The molecule has 0 spiro atoms. The molecule has 0 saturated carbocycles. The van der Waals surface area contributed by atoms with Crippen molar-refractivity contribution in [3.8, 4) is 0 Å². The molecule has 1 atom stereocenters. The van der Waals surface area contributed by atoms with Gasteiger partial charge in [0.2, 0.25) is 0 Å². The second-order valence-electron chi connectivity index (χ2n) is 5.13.